The summed E-state index contributed by atoms with van der Waals surface area (Å²) in [7, 11) is 0. The zero-order chi connectivity index (χ0) is 52.3. The van der Waals surface area contributed by atoms with Crippen LogP contribution in [0.15, 0.2) is 244 Å². The van der Waals surface area contributed by atoms with Crippen molar-refractivity contribution in [3.05, 3.63) is 237 Å². The van der Waals surface area contributed by atoms with Crippen molar-refractivity contribution in [1.29, 1.82) is 5.26 Å². The van der Waals surface area contributed by atoms with E-state index in [2.05, 4.69) is 200 Å². The number of benzene rings is 10. The van der Waals surface area contributed by atoms with Gasteiger partial charge >= 0.3 is 0 Å². The second kappa shape index (κ2) is 15.9. The summed E-state index contributed by atoms with van der Waals surface area (Å²) in [4.78, 5) is 9.26. The molecule has 0 spiro atoms. The maximum atomic E-state index is 12.8. The van der Waals surface area contributed by atoms with Gasteiger partial charge in [-0.15, -0.1) is 0 Å². The quantitative estimate of drug-likeness (QED) is 0.170. The van der Waals surface area contributed by atoms with E-state index in [1.165, 1.54) is 0 Å². The van der Waals surface area contributed by atoms with Gasteiger partial charge in [0.25, 0.3) is 0 Å². The average molecular weight is 1020 g/mol. The Bertz CT molecular complexity index is 5490. The van der Waals surface area contributed by atoms with Gasteiger partial charge in [0.1, 0.15) is 45.1 Å². The fourth-order valence-electron chi connectivity index (χ4n) is 13.4. The van der Waals surface area contributed by atoms with Gasteiger partial charge in [-0.3, -0.25) is 9.97 Å². The van der Waals surface area contributed by atoms with Gasteiger partial charge in [0, 0.05) is 119 Å². The molecule has 0 aliphatic heterocycles. The average Bonchev–Trinajstić information content (AvgIpc) is 4.51. The molecule has 10 aromatic carbocycles. The molecule has 0 unspecified atom stereocenters. The van der Waals surface area contributed by atoms with Crippen molar-refractivity contribution >= 4 is 131 Å². The van der Waals surface area contributed by atoms with Crippen molar-refractivity contribution in [2.24, 2.45) is 0 Å². The van der Waals surface area contributed by atoms with E-state index in [1.54, 1.807) is 0 Å². The van der Waals surface area contributed by atoms with Crippen LogP contribution in [0.25, 0.3) is 171 Å². The molecule has 0 bridgehead atoms. The van der Waals surface area contributed by atoms with Gasteiger partial charge < -0.3 is 27.0 Å². The molecule has 370 valence electrons. The Labute approximate surface area is 453 Å². The summed E-state index contributed by atoms with van der Waals surface area (Å²) in [5.74, 6) is 0. The van der Waals surface area contributed by atoms with Gasteiger partial charge in [0.05, 0.1) is 50.2 Å². The van der Waals surface area contributed by atoms with Crippen molar-refractivity contribution < 1.29 is 13.3 Å². The third-order valence-electron chi connectivity index (χ3n) is 16.7. The highest BCUT2D eigenvalue weighted by Gasteiger charge is 2.34. The van der Waals surface area contributed by atoms with Crippen LogP contribution in [0.3, 0.4) is 0 Å². The molecule has 18 rings (SSSR count). The van der Waals surface area contributed by atoms with Crippen molar-refractivity contribution in [3.63, 3.8) is 0 Å². The number of aromatic nitrogens is 5. The molecule has 9 heteroatoms. The van der Waals surface area contributed by atoms with E-state index in [9.17, 15) is 5.26 Å². The lowest BCUT2D eigenvalue weighted by molar-refractivity contribution is 0.669. The van der Waals surface area contributed by atoms with Crippen molar-refractivity contribution in [3.8, 4) is 45.4 Å². The predicted molar refractivity (Wildman–Crippen MR) is 322 cm³/mol. The second-order valence-electron chi connectivity index (χ2n) is 20.7. The first-order valence-corrected chi connectivity index (χ1v) is 26.7. The normalized spacial score (nSPS) is 12.2. The van der Waals surface area contributed by atoms with E-state index in [1.807, 2.05) is 61.2 Å². The zero-order valence-electron chi connectivity index (χ0n) is 42.3. The van der Waals surface area contributed by atoms with Crippen LogP contribution in [0.4, 0.5) is 0 Å². The Balaban J connectivity index is 1.13. The van der Waals surface area contributed by atoms with E-state index in [0.717, 1.165) is 159 Å². The maximum Gasteiger partial charge on any atom is 0.137 e. The summed E-state index contributed by atoms with van der Waals surface area (Å²) in [5, 5.41) is 25.2. The third-order valence-corrected chi connectivity index (χ3v) is 16.7. The second-order valence-corrected chi connectivity index (χ2v) is 20.7. The first-order chi connectivity index (χ1) is 39.7. The number of fused-ring (bicyclic) bond motifs is 18. The van der Waals surface area contributed by atoms with Crippen LogP contribution in [0.1, 0.15) is 5.56 Å². The minimum atomic E-state index is 0.451. The first-order valence-electron chi connectivity index (χ1n) is 26.7. The lowest BCUT2D eigenvalue weighted by atomic mass is 9.88. The summed E-state index contributed by atoms with van der Waals surface area (Å²) in [6.07, 6.45) is 7.37. The Kier molecular flexibility index (Phi) is 8.55. The number of hydrogen-bond donors (Lipinski definition) is 0. The molecule has 80 heavy (non-hydrogen) atoms. The smallest absolute Gasteiger partial charge is 0.137 e. The monoisotopic (exact) mass is 1020 g/mol. The summed E-state index contributed by atoms with van der Waals surface area (Å²) >= 11 is 0. The molecule has 0 aliphatic carbocycles. The molecule has 8 aromatic heterocycles. The lowest BCUT2D eigenvalue weighted by Gasteiger charge is -2.28. The third kappa shape index (κ3) is 5.72. The molecule has 0 saturated carbocycles. The summed E-state index contributed by atoms with van der Waals surface area (Å²) in [5.41, 5.74) is 16.3. The molecule has 0 N–H and O–H groups in total. The highest BCUT2D eigenvalue weighted by molar-refractivity contribution is 6.22. The van der Waals surface area contributed by atoms with Crippen LogP contribution in [-0.4, -0.2) is 23.7 Å². The number of nitriles is 1. The van der Waals surface area contributed by atoms with Gasteiger partial charge in [-0.2, -0.15) is 5.26 Å². The van der Waals surface area contributed by atoms with Crippen molar-refractivity contribution in [1.82, 2.24) is 23.7 Å². The van der Waals surface area contributed by atoms with E-state index in [4.69, 9.17) is 13.3 Å². The molecular formula is C71H38N6O3. The Morgan fingerprint density at radius 3 is 0.950 bits per heavy atom. The molecule has 0 saturated heterocycles. The number of para-hydroxylation sites is 6. The van der Waals surface area contributed by atoms with Crippen LogP contribution in [0, 0.1) is 11.3 Å². The number of rotatable bonds is 5. The molecule has 0 amide bonds. The summed E-state index contributed by atoms with van der Waals surface area (Å²) in [6, 6.07) is 74.9. The Morgan fingerprint density at radius 2 is 0.600 bits per heavy atom. The lowest BCUT2D eigenvalue weighted by Crippen LogP contribution is -2.13. The predicted octanol–water partition coefficient (Wildman–Crippen LogP) is 18.7. The minimum absolute atomic E-state index is 0.451. The first kappa shape index (κ1) is 43.0. The largest absolute Gasteiger partial charge is 0.456 e. The van der Waals surface area contributed by atoms with Crippen molar-refractivity contribution in [2.45, 2.75) is 0 Å². The van der Waals surface area contributed by atoms with Crippen LogP contribution >= 0.6 is 0 Å². The highest BCUT2D eigenvalue weighted by Crippen LogP contribution is 2.53. The fraction of sp³-hybridized carbons (Fsp3) is 0. The molecular weight excluding hydrogens is 985 g/mol. The van der Waals surface area contributed by atoms with E-state index < -0.39 is 0 Å². The molecule has 0 fully saturated rings. The number of pyridine rings is 2. The van der Waals surface area contributed by atoms with Gasteiger partial charge in [-0.1, -0.05) is 109 Å². The molecule has 9 nitrogen and oxygen atoms in total. The standard InChI is InChI=1S/C71H38N6O3/c72-39-54-69(75-55-19-7-1-13-42(55)48-33-51-45-16-4-10-22-61(45)78-64(51)36-58(48)75)67(40-25-29-73-30-26-40)71(77-57-21-9-3-15-44(57)50-35-53-47-18-6-12-24-63(47)80-66(53)38-60(50)77)68(41-27-31-74-32-28-41)70(54)76-56-20-8-2-14-43(56)49-34-52-46-17-5-11-23-62(46)79-65(52)37-59(49)76/h1-38H. The van der Waals surface area contributed by atoms with Crippen LogP contribution in [0.2, 0.25) is 0 Å². The van der Waals surface area contributed by atoms with E-state index in [-0.39, 0.29) is 0 Å². The molecule has 8 heterocycles. The van der Waals surface area contributed by atoms with E-state index >= 15 is 0 Å². The highest BCUT2D eigenvalue weighted by atomic mass is 16.3. The molecule has 0 aliphatic rings. The van der Waals surface area contributed by atoms with Crippen molar-refractivity contribution in [2.75, 3.05) is 0 Å². The molecule has 0 radical (unpaired) electrons. The summed E-state index contributed by atoms with van der Waals surface area (Å²) < 4.78 is 27.3. The molecule has 18 aromatic rings. The van der Waals surface area contributed by atoms with Crippen LogP contribution in [0.5, 0.6) is 0 Å². The number of hydrogen-bond acceptors (Lipinski definition) is 6. The zero-order valence-corrected chi connectivity index (χ0v) is 42.3. The Hall–Kier alpha value is -11.2. The SMILES string of the molecule is N#Cc1c(-n2c3ccccc3c3cc4c(cc32)oc2ccccc24)c(-c2ccncc2)c(-n2c3ccccc3c3cc4c(cc32)oc2ccccc24)c(-c2ccncc2)c1-n1c2ccccc2c2cc3c(cc21)oc1ccccc13. The summed E-state index contributed by atoms with van der Waals surface area (Å²) in [6.45, 7) is 0. The van der Waals surface area contributed by atoms with E-state index in [0.29, 0.717) is 16.9 Å². The number of nitrogens with zero attached hydrogens (tertiary/aromatic N) is 6. The van der Waals surface area contributed by atoms with Crippen LogP contribution in [-0.2, 0) is 0 Å². The Morgan fingerprint density at radius 1 is 0.287 bits per heavy atom. The van der Waals surface area contributed by atoms with Crippen LogP contribution < -0.4 is 0 Å². The van der Waals surface area contributed by atoms with Gasteiger partial charge in [0.15, 0.2) is 0 Å². The maximum absolute atomic E-state index is 12.8. The fourth-order valence-corrected chi connectivity index (χ4v) is 13.4. The van der Waals surface area contributed by atoms with Gasteiger partial charge in [-0.05, 0) is 90.0 Å². The number of furan rings is 3. The van der Waals surface area contributed by atoms with Gasteiger partial charge in [0.2, 0.25) is 0 Å². The minimum Gasteiger partial charge on any atom is -0.456 e. The van der Waals surface area contributed by atoms with Gasteiger partial charge in [-0.25, -0.2) is 0 Å². The molecule has 0 atom stereocenters. The topological polar surface area (TPSA) is 104 Å².